The van der Waals surface area contributed by atoms with Crippen LogP contribution in [0.5, 0.6) is 0 Å². The van der Waals surface area contributed by atoms with Crippen LogP contribution in [0.3, 0.4) is 0 Å². The highest BCUT2D eigenvalue weighted by Crippen LogP contribution is 2.24. The zero-order valence-electron chi connectivity index (χ0n) is 10.1. The van der Waals surface area contributed by atoms with E-state index in [1.54, 1.807) is 12.5 Å². The molecule has 0 radical (unpaired) electrons. The summed E-state index contributed by atoms with van der Waals surface area (Å²) in [4.78, 5) is 1.30. The van der Waals surface area contributed by atoms with Crippen molar-refractivity contribution in [2.75, 3.05) is 12.8 Å². The van der Waals surface area contributed by atoms with Gasteiger partial charge in [0.05, 0.1) is 12.5 Å². The quantitative estimate of drug-likeness (QED) is 0.817. The van der Waals surface area contributed by atoms with Crippen molar-refractivity contribution in [2.24, 2.45) is 0 Å². The Balaban J connectivity index is 1.94. The van der Waals surface area contributed by atoms with Crippen LogP contribution in [0.2, 0.25) is 0 Å². The van der Waals surface area contributed by atoms with Crippen LogP contribution >= 0.6 is 11.8 Å². The van der Waals surface area contributed by atoms with Crippen molar-refractivity contribution in [1.29, 1.82) is 0 Å². The van der Waals surface area contributed by atoms with Gasteiger partial charge in [0.25, 0.3) is 0 Å². The average molecular weight is 247 g/mol. The molecule has 0 aliphatic carbocycles. The summed E-state index contributed by atoms with van der Waals surface area (Å²) in [5.41, 5.74) is 2.50. The van der Waals surface area contributed by atoms with Crippen molar-refractivity contribution in [2.45, 2.75) is 17.9 Å². The first kappa shape index (κ1) is 12.3. The van der Waals surface area contributed by atoms with Crippen molar-refractivity contribution in [3.63, 3.8) is 0 Å². The second kappa shape index (κ2) is 5.94. The minimum absolute atomic E-state index is 0.333. The Labute approximate surface area is 106 Å². The number of hydrogen-bond acceptors (Lipinski definition) is 3. The molecule has 2 nitrogen and oxygen atoms in total. The van der Waals surface area contributed by atoms with Crippen molar-refractivity contribution >= 4 is 11.8 Å². The van der Waals surface area contributed by atoms with Crippen LogP contribution < -0.4 is 5.32 Å². The molecule has 3 heteroatoms. The minimum Gasteiger partial charge on any atom is -0.472 e. The lowest BCUT2D eigenvalue weighted by Gasteiger charge is -2.13. The maximum absolute atomic E-state index is 5.12. The number of rotatable bonds is 5. The SMILES string of the molecule is CNC(CSc1ccc(C)cc1)c1ccoc1. The van der Waals surface area contributed by atoms with Gasteiger partial charge in [0.15, 0.2) is 0 Å². The fourth-order valence-corrected chi connectivity index (χ4v) is 2.68. The van der Waals surface area contributed by atoms with Gasteiger partial charge in [-0.15, -0.1) is 11.8 Å². The maximum atomic E-state index is 5.12. The third-order valence-electron chi connectivity index (χ3n) is 2.73. The summed E-state index contributed by atoms with van der Waals surface area (Å²) in [6.45, 7) is 2.11. The van der Waals surface area contributed by atoms with E-state index in [1.165, 1.54) is 16.0 Å². The first-order valence-corrected chi connectivity index (χ1v) is 6.67. The van der Waals surface area contributed by atoms with Crippen molar-refractivity contribution in [1.82, 2.24) is 5.32 Å². The Bertz CT molecular complexity index is 436. The number of furan rings is 1. The summed E-state index contributed by atoms with van der Waals surface area (Å²) >= 11 is 1.86. The van der Waals surface area contributed by atoms with E-state index in [4.69, 9.17) is 4.42 Å². The van der Waals surface area contributed by atoms with Crippen LogP contribution in [-0.2, 0) is 0 Å². The molecule has 0 aliphatic heterocycles. The van der Waals surface area contributed by atoms with Crippen LogP contribution in [0.15, 0.2) is 52.2 Å². The van der Waals surface area contributed by atoms with Crippen LogP contribution in [0.4, 0.5) is 0 Å². The third-order valence-corrected chi connectivity index (χ3v) is 3.84. The van der Waals surface area contributed by atoms with E-state index in [0.717, 1.165) is 5.75 Å². The Kier molecular flexibility index (Phi) is 4.29. The van der Waals surface area contributed by atoms with Gasteiger partial charge in [-0.1, -0.05) is 17.7 Å². The molecule has 1 atom stereocenters. The van der Waals surface area contributed by atoms with Crippen molar-refractivity contribution in [3.8, 4) is 0 Å². The second-order valence-corrected chi connectivity index (χ2v) is 5.12. The zero-order chi connectivity index (χ0) is 12.1. The molecule has 0 aliphatic rings. The van der Waals surface area contributed by atoms with Gasteiger partial charge in [-0.25, -0.2) is 0 Å². The average Bonchev–Trinajstić information content (AvgIpc) is 2.86. The molecule has 2 aromatic rings. The molecule has 0 saturated heterocycles. The van der Waals surface area contributed by atoms with Gasteiger partial charge in [0.2, 0.25) is 0 Å². The molecule has 1 N–H and O–H groups in total. The molecule has 0 amide bonds. The maximum Gasteiger partial charge on any atom is 0.0950 e. The van der Waals surface area contributed by atoms with Gasteiger partial charge in [-0.05, 0) is 32.2 Å². The van der Waals surface area contributed by atoms with Gasteiger partial charge in [-0.3, -0.25) is 0 Å². The second-order valence-electron chi connectivity index (χ2n) is 4.02. The number of nitrogens with one attached hydrogen (secondary N) is 1. The largest absolute Gasteiger partial charge is 0.472 e. The zero-order valence-corrected chi connectivity index (χ0v) is 11.0. The van der Waals surface area contributed by atoms with Crippen molar-refractivity contribution < 1.29 is 4.42 Å². The summed E-state index contributed by atoms with van der Waals surface area (Å²) in [5, 5.41) is 3.31. The Hall–Kier alpha value is -1.19. The summed E-state index contributed by atoms with van der Waals surface area (Å²) in [6, 6.07) is 11.0. The molecule has 2 rings (SSSR count). The molecule has 90 valence electrons. The van der Waals surface area contributed by atoms with Gasteiger partial charge in [0, 0.05) is 22.3 Å². The lowest BCUT2D eigenvalue weighted by molar-refractivity contribution is 0.555. The molecule has 1 unspecified atom stereocenters. The van der Waals surface area contributed by atoms with E-state index in [1.807, 2.05) is 24.9 Å². The lowest BCUT2D eigenvalue weighted by Crippen LogP contribution is -2.17. The molecule has 0 saturated carbocycles. The fourth-order valence-electron chi connectivity index (χ4n) is 1.63. The normalized spacial score (nSPS) is 12.6. The molecular formula is C14H17NOS. The monoisotopic (exact) mass is 247 g/mol. The standard InChI is InChI=1S/C14H17NOS/c1-11-3-5-13(6-4-11)17-10-14(15-2)12-7-8-16-9-12/h3-9,14-15H,10H2,1-2H3. The van der Waals surface area contributed by atoms with Gasteiger partial charge in [-0.2, -0.15) is 0 Å². The summed E-state index contributed by atoms with van der Waals surface area (Å²) in [5.74, 6) is 0.999. The van der Waals surface area contributed by atoms with Crippen LogP contribution in [0.25, 0.3) is 0 Å². The predicted molar refractivity (Wildman–Crippen MR) is 72.4 cm³/mol. The fraction of sp³-hybridized carbons (Fsp3) is 0.286. The van der Waals surface area contributed by atoms with Gasteiger partial charge < -0.3 is 9.73 Å². The van der Waals surface area contributed by atoms with Gasteiger partial charge in [0.1, 0.15) is 0 Å². The first-order valence-electron chi connectivity index (χ1n) is 5.68. The Morgan fingerprint density at radius 1 is 1.24 bits per heavy atom. The van der Waals surface area contributed by atoms with E-state index in [0.29, 0.717) is 6.04 Å². The van der Waals surface area contributed by atoms with Crippen LogP contribution in [-0.4, -0.2) is 12.8 Å². The lowest BCUT2D eigenvalue weighted by atomic mass is 10.2. The van der Waals surface area contributed by atoms with E-state index in [-0.39, 0.29) is 0 Å². The minimum atomic E-state index is 0.333. The molecule has 1 aromatic heterocycles. The van der Waals surface area contributed by atoms with E-state index in [9.17, 15) is 0 Å². The summed E-state index contributed by atoms with van der Waals surface area (Å²) in [7, 11) is 1.98. The number of benzene rings is 1. The van der Waals surface area contributed by atoms with E-state index >= 15 is 0 Å². The van der Waals surface area contributed by atoms with Crippen LogP contribution in [0.1, 0.15) is 17.2 Å². The molecule has 0 bridgehead atoms. The highest BCUT2D eigenvalue weighted by atomic mass is 32.2. The number of thioether (sulfide) groups is 1. The molecule has 1 heterocycles. The van der Waals surface area contributed by atoms with Crippen LogP contribution in [0, 0.1) is 6.92 Å². The molecular weight excluding hydrogens is 230 g/mol. The Morgan fingerprint density at radius 2 is 2.00 bits per heavy atom. The van der Waals surface area contributed by atoms with E-state index in [2.05, 4.69) is 36.5 Å². The predicted octanol–water partition coefficient (Wildman–Crippen LogP) is 3.64. The molecule has 0 fully saturated rings. The highest BCUT2D eigenvalue weighted by molar-refractivity contribution is 7.99. The topological polar surface area (TPSA) is 25.2 Å². The molecule has 17 heavy (non-hydrogen) atoms. The first-order chi connectivity index (χ1) is 8.29. The molecule has 0 spiro atoms. The number of aryl methyl sites for hydroxylation is 1. The molecule has 1 aromatic carbocycles. The smallest absolute Gasteiger partial charge is 0.0950 e. The Morgan fingerprint density at radius 3 is 2.59 bits per heavy atom. The van der Waals surface area contributed by atoms with E-state index < -0.39 is 0 Å². The van der Waals surface area contributed by atoms with Gasteiger partial charge >= 0.3 is 0 Å². The number of hydrogen-bond donors (Lipinski definition) is 1. The van der Waals surface area contributed by atoms with Crippen molar-refractivity contribution in [3.05, 3.63) is 54.0 Å². The summed E-state index contributed by atoms with van der Waals surface area (Å²) < 4.78 is 5.12. The third kappa shape index (κ3) is 3.38. The highest BCUT2D eigenvalue weighted by Gasteiger charge is 2.10. The summed E-state index contributed by atoms with van der Waals surface area (Å²) in [6.07, 6.45) is 3.52.